The fourth-order valence-electron chi connectivity index (χ4n) is 2.12. The van der Waals surface area contributed by atoms with Crippen molar-refractivity contribution in [2.24, 2.45) is 5.92 Å². The zero-order valence-corrected chi connectivity index (χ0v) is 10.2. The molecule has 0 radical (unpaired) electrons. The van der Waals surface area contributed by atoms with Gasteiger partial charge in [0, 0.05) is 50.4 Å². The summed E-state index contributed by atoms with van der Waals surface area (Å²) in [5, 5.41) is 3.25. The van der Waals surface area contributed by atoms with Crippen molar-refractivity contribution in [2.45, 2.75) is 13.3 Å². The minimum atomic E-state index is 0.0167. The first-order valence-electron chi connectivity index (χ1n) is 6.17. The van der Waals surface area contributed by atoms with Crippen LogP contribution < -0.4 is 5.32 Å². The minimum absolute atomic E-state index is 0.0167. The molecule has 2 heterocycles. The van der Waals surface area contributed by atoms with Gasteiger partial charge in [-0.1, -0.05) is 13.0 Å². The predicted octanol–water partition coefficient (Wildman–Crippen LogP) is 0.692. The van der Waals surface area contributed by atoms with Gasteiger partial charge in [0.15, 0.2) is 0 Å². The molecule has 1 fully saturated rings. The van der Waals surface area contributed by atoms with Crippen molar-refractivity contribution in [3.8, 4) is 0 Å². The maximum absolute atomic E-state index is 12.2. The molecule has 1 aliphatic heterocycles. The molecule has 0 aromatic carbocycles. The quantitative estimate of drug-likeness (QED) is 0.835. The van der Waals surface area contributed by atoms with E-state index in [1.807, 2.05) is 30.0 Å². The molecule has 17 heavy (non-hydrogen) atoms. The van der Waals surface area contributed by atoms with Gasteiger partial charge in [-0.05, 0) is 12.1 Å². The Morgan fingerprint density at radius 3 is 2.88 bits per heavy atom. The van der Waals surface area contributed by atoms with Gasteiger partial charge in [-0.3, -0.25) is 9.78 Å². The van der Waals surface area contributed by atoms with E-state index in [1.54, 1.807) is 6.20 Å². The third-order valence-electron chi connectivity index (χ3n) is 3.09. The highest BCUT2D eigenvalue weighted by Gasteiger charge is 2.22. The van der Waals surface area contributed by atoms with Crippen LogP contribution in [0.5, 0.6) is 0 Å². The molecule has 1 unspecified atom stereocenters. The molecule has 0 saturated carbocycles. The molecule has 92 valence electrons. The van der Waals surface area contributed by atoms with Crippen molar-refractivity contribution in [3.05, 3.63) is 30.1 Å². The number of nitrogens with zero attached hydrogens (tertiary/aromatic N) is 2. The van der Waals surface area contributed by atoms with Crippen molar-refractivity contribution in [2.75, 3.05) is 26.2 Å². The lowest BCUT2D eigenvalue weighted by atomic mass is 10.0. The van der Waals surface area contributed by atoms with Crippen LogP contribution in [0.2, 0.25) is 0 Å². The summed E-state index contributed by atoms with van der Waals surface area (Å²) in [6.07, 6.45) is 2.50. The largest absolute Gasteiger partial charge is 0.340 e. The van der Waals surface area contributed by atoms with Crippen LogP contribution >= 0.6 is 0 Å². The Morgan fingerprint density at radius 2 is 2.24 bits per heavy atom. The molecule has 2 rings (SSSR count). The Kier molecular flexibility index (Phi) is 4.09. The van der Waals surface area contributed by atoms with Crippen LogP contribution in [0.3, 0.4) is 0 Å². The normalized spacial score (nSPS) is 17.8. The molecule has 1 N–H and O–H groups in total. The van der Waals surface area contributed by atoms with Crippen molar-refractivity contribution in [1.82, 2.24) is 15.2 Å². The van der Waals surface area contributed by atoms with E-state index in [9.17, 15) is 4.79 Å². The van der Waals surface area contributed by atoms with Crippen molar-refractivity contribution < 1.29 is 4.79 Å². The first-order valence-corrected chi connectivity index (χ1v) is 6.17. The lowest BCUT2D eigenvalue weighted by molar-refractivity contribution is -0.135. The van der Waals surface area contributed by atoms with Gasteiger partial charge in [-0.25, -0.2) is 0 Å². The Labute approximate surface area is 102 Å². The molecule has 1 amide bonds. The molecule has 1 aliphatic rings. The van der Waals surface area contributed by atoms with Crippen LogP contribution in [-0.2, 0) is 11.2 Å². The van der Waals surface area contributed by atoms with Crippen LogP contribution in [0.1, 0.15) is 12.6 Å². The predicted molar refractivity (Wildman–Crippen MR) is 66.6 cm³/mol. The summed E-state index contributed by atoms with van der Waals surface area (Å²) in [6, 6.07) is 5.83. The third kappa shape index (κ3) is 3.27. The van der Waals surface area contributed by atoms with Crippen molar-refractivity contribution in [1.29, 1.82) is 0 Å². The monoisotopic (exact) mass is 233 g/mol. The third-order valence-corrected chi connectivity index (χ3v) is 3.09. The SMILES string of the molecule is CC(Cc1ccccn1)C(=O)N1CCNCC1. The summed E-state index contributed by atoms with van der Waals surface area (Å²) < 4.78 is 0. The molecular weight excluding hydrogens is 214 g/mol. The van der Waals surface area contributed by atoms with E-state index in [0.29, 0.717) is 0 Å². The van der Waals surface area contributed by atoms with Crippen LogP contribution in [0.15, 0.2) is 24.4 Å². The van der Waals surface area contributed by atoms with E-state index < -0.39 is 0 Å². The van der Waals surface area contributed by atoms with E-state index in [-0.39, 0.29) is 11.8 Å². The highest BCUT2D eigenvalue weighted by atomic mass is 16.2. The Balaban J connectivity index is 1.90. The standard InChI is InChI=1S/C13H19N3O/c1-11(10-12-4-2-3-5-15-12)13(17)16-8-6-14-7-9-16/h2-5,11,14H,6-10H2,1H3. The number of pyridine rings is 1. The van der Waals surface area contributed by atoms with Crippen LogP contribution in [0.4, 0.5) is 0 Å². The maximum Gasteiger partial charge on any atom is 0.225 e. The maximum atomic E-state index is 12.2. The van der Waals surface area contributed by atoms with Crippen LogP contribution in [0, 0.1) is 5.92 Å². The van der Waals surface area contributed by atoms with Gasteiger partial charge in [0.2, 0.25) is 5.91 Å². The summed E-state index contributed by atoms with van der Waals surface area (Å²) in [5.74, 6) is 0.264. The Bertz CT molecular complexity index is 360. The van der Waals surface area contributed by atoms with Gasteiger partial charge in [-0.2, -0.15) is 0 Å². The van der Waals surface area contributed by atoms with Crippen molar-refractivity contribution >= 4 is 5.91 Å². The summed E-state index contributed by atoms with van der Waals surface area (Å²) >= 11 is 0. The Hall–Kier alpha value is -1.42. The second-order valence-electron chi connectivity index (χ2n) is 4.50. The zero-order chi connectivity index (χ0) is 12.1. The average molecular weight is 233 g/mol. The number of carbonyl (C=O) groups is 1. The number of rotatable bonds is 3. The second-order valence-corrected chi connectivity index (χ2v) is 4.50. The number of hydrogen-bond donors (Lipinski definition) is 1. The second kappa shape index (κ2) is 5.77. The number of piperazine rings is 1. The van der Waals surface area contributed by atoms with E-state index in [2.05, 4.69) is 10.3 Å². The molecule has 1 atom stereocenters. The molecule has 1 aromatic rings. The first-order chi connectivity index (χ1) is 8.27. The van der Waals surface area contributed by atoms with E-state index in [4.69, 9.17) is 0 Å². The average Bonchev–Trinajstić information content (AvgIpc) is 2.40. The zero-order valence-electron chi connectivity index (χ0n) is 10.2. The summed E-state index contributed by atoms with van der Waals surface area (Å²) in [5.41, 5.74) is 0.989. The number of aromatic nitrogens is 1. The molecule has 4 nitrogen and oxygen atoms in total. The fraction of sp³-hybridized carbons (Fsp3) is 0.538. The molecule has 0 aliphatic carbocycles. The van der Waals surface area contributed by atoms with Gasteiger partial charge >= 0.3 is 0 Å². The lowest BCUT2D eigenvalue weighted by Crippen LogP contribution is -2.48. The number of carbonyl (C=O) groups excluding carboxylic acids is 1. The molecule has 1 aromatic heterocycles. The fourth-order valence-corrected chi connectivity index (χ4v) is 2.12. The number of amides is 1. The van der Waals surface area contributed by atoms with Gasteiger partial charge < -0.3 is 10.2 Å². The van der Waals surface area contributed by atoms with E-state index in [0.717, 1.165) is 38.3 Å². The van der Waals surface area contributed by atoms with Gasteiger partial charge in [0.05, 0.1) is 0 Å². The highest BCUT2D eigenvalue weighted by molar-refractivity contribution is 5.78. The van der Waals surface area contributed by atoms with Gasteiger partial charge in [-0.15, -0.1) is 0 Å². The van der Waals surface area contributed by atoms with Gasteiger partial charge in [0.25, 0.3) is 0 Å². The number of nitrogens with one attached hydrogen (secondary N) is 1. The topological polar surface area (TPSA) is 45.2 Å². The Morgan fingerprint density at radius 1 is 1.47 bits per heavy atom. The summed E-state index contributed by atoms with van der Waals surface area (Å²) in [4.78, 5) is 18.4. The minimum Gasteiger partial charge on any atom is -0.340 e. The summed E-state index contributed by atoms with van der Waals surface area (Å²) in [6.45, 7) is 5.44. The molecule has 4 heteroatoms. The molecule has 0 bridgehead atoms. The van der Waals surface area contributed by atoms with Crippen molar-refractivity contribution in [3.63, 3.8) is 0 Å². The first kappa shape index (κ1) is 12.0. The van der Waals surface area contributed by atoms with E-state index in [1.165, 1.54) is 0 Å². The van der Waals surface area contributed by atoms with Gasteiger partial charge in [0.1, 0.15) is 0 Å². The lowest BCUT2D eigenvalue weighted by Gasteiger charge is -2.29. The van der Waals surface area contributed by atoms with Crippen LogP contribution in [0.25, 0.3) is 0 Å². The van der Waals surface area contributed by atoms with Crippen LogP contribution in [-0.4, -0.2) is 42.0 Å². The number of hydrogen-bond acceptors (Lipinski definition) is 3. The van der Waals surface area contributed by atoms with E-state index >= 15 is 0 Å². The molecule has 1 saturated heterocycles. The smallest absolute Gasteiger partial charge is 0.225 e. The molecular formula is C13H19N3O. The highest BCUT2D eigenvalue weighted by Crippen LogP contribution is 2.10. The molecule has 0 spiro atoms. The summed E-state index contributed by atoms with van der Waals surface area (Å²) in [7, 11) is 0.